The SMILES string of the molecule is CCO[C@@H]1C[C@H]2C(=O)NC3(CCC3)C(=O)N(C)[C@@H](C3CCCC3)C(=O)N(C)[C@H](C(=O)N(C)C)CC(=O)N(C)[C@@H](CC3CC3)C(=O)N[C@@H]([C@@H](C)CC)C(=O)N(C)CC(=O)N(C)[C@H]3C/C=C\CCN(C3=O)[C@@H](Cc3ccc(C(F)(F)F)cc3)C(=O)N(C)CC(=O)N[C@@H](CCc3cc(F)c(C(F)(F)F)c(F)c3)C(=O)N2C1. The van der Waals surface area contributed by atoms with E-state index in [1.54, 1.807) is 32.9 Å². The Hall–Kier alpha value is -8.78. The average Bonchev–Trinajstić information content (AvgIpc) is 1.02. The summed E-state index contributed by atoms with van der Waals surface area (Å²) in [7, 11) is 10.7. The molecule has 3 aliphatic carbocycles. The van der Waals surface area contributed by atoms with Crippen molar-refractivity contribution in [3.05, 3.63) is 82.4 Å². The maximum Gasteiger partial charge on any atom is 0.422 e. The van der Waals surface area contributed by atoms with Gasteiger partial charge in [0.15, 0.2) is 0 Å². The molecule has 2 bridgehead atoms. The fourth-order valence-electron chi connectivity index (χ4n) is 15.3. The number of aryl methyl sites for hydroxylation is 1. The Morgan fingerprint density at radius 1 is 0.667 bits per heavy atom. The van der Waals surface area contributed by atoms with Gasteiger partial charge in [-0.05, 0) is 124 Å². The summed E-state index contributed by atoms with van der Waals surface area (Å²) in [5.74, 6) is -15.0. The number of alkyl halides is 6. The normalized spacial score (nSPS) is 26.7. The molecular formula is C75H102F8N12O13. The third-order valence-corrected chi connectivity index (χ3v) is 22.3. The second-order valence-corrected chi connectivity index (χ2v) is 30.1. The van der Waals surface area contributed by atoms with Gasteiger partial charge in [0.25, 0.3) is 0 Å². The van der Waals surface area contributed by atoms with Crippen LogP contribution in [-0.4, -0.2) is 264 Å². The van der Waals surface area contributed by atoms with Crippen LogP contribution in [0.5, 0.6) is 0 Å². The molecule has 2 aromatic rings. The number of rotatable bonds is 13. The Labute approximate surface area is 624 Å². The molecule has 0 unspecified atom stereocenters. The van der Waals surface area contributed by atoms with Crippen LogP contribution in [0, 0.1) is 29.4 Å². The van der Waals surface area contributed by atoms with Crippen LogP contribution in [0.2, 0.25) is 0 Å². The van der Waals surface area contributed by atoms with Gasteiger partial charge < -0.3 is 64.8 Å². The molecule has 5 fully saturated rings. The fraction of sp³-hybridized carbons (Fsp3) is 0.653. The standard InChI is InChI=1S/C75H102F8N12O13/c1-12-43(3)62-70(105)89(7)42-60(98)90(8)53-22-15-14-18-33-94(69(53)104)57(37-45-25-28-48(29-26-45)74(78,79)80)68(103)88(6)41-58(96)84-52(30-27-46-34-50(76)61(51(77)35-46)75(81,82)83)66(101)95-40-49(108-13-2)38-55(95)65(100)86-73(31-19-32-73)72(107)93(11)63(47-20-16-17-21-47)71(106)92(10)56(67(102)87(4)5)39-59(97)91(9)54(64(99)85-62)36-44-23-24-44/h14-15,25-26,28-29,34-35,43-44,47,49,52-57,62-63H,12-13,16-24,27,30-33,36-42H2,1-11H3,(H,84,96)(H,85,99)(H,86,100)/b15-14-/t43-,49+,52-,53-,54-,55-,56-,57-,62-,63-/m0/s1. The first kappa shape index (κ1) is 84.8. The van der Waals surface area contributed by atoms with Gasteiger partial charge >= 0.3 is 12.4 Å². The van der Waals surface area contributed by atoms with Gasteiger partial charge in [0.2, 0.25) is 70.9 Å². The monoisotopic (exact) mass is 1530 g/mol. The number of amides is 12. The van der Waals surface area contributed by atoms with Crippen LogP contribution < -0.4 is 16.0 Å². The molecule has 3 saturated carbocycles. The third-order valence-electron chi connectivity index (χ3n) is 22.3. The molecule has 6 aliphatic rings. The lowest BCUT2D eigenvalue weighted by atomic mass is 9.74. The molecule has 0 radical (unpaired) electrons. The first-order valence-corrected chi connectivity index (χ1v) is 37.0. The highest BCUT2D eigenvalue weighted by atomic mass is 19.4. The molecule has 3 aliphatic heterocycles. The highest BCUT2D eigenvalue weighted by Crippen LogP contribution is 2.40. The van der Waals surface area contributed by atoms with E-state index in [9.17, 15) is 55.1 Å². The Bertz CT molecular complexity index is 3670. The van der Waals surface area contributed by atoms with Crippen LogP contribution in [0.25, 0.3) is 0 Å². The summed E-state index contributed by atoms with van der Waals surface area (Å²) in [6, 6.07) is -7.18. The lowest BCUT2D eigenvalue weighted by molar-refractivity contribution is -0.158. The largest absolute Gasteiger partial charge is 0.422 e. The molecule has 596 valence electrons. The smallest absolute Gasteiger partial charge is 0.377 e. The van der Waals surface area contributed by atoms with Gasteiger partial charge in [-0.3, -0.25) is 57.5 Å². The van der Waals surface area contributed by atoms with Gasteiger partial charge in [-0.1, -0.05) is 70.2 Å². The molecule has 33 heteroatoms. The number of hydrogen-bond acceptors (Lipinski definition) is 13. The summed E-state index contributed by atoms with van der Waals surface area (Å²) in [6.45, 7) is 2.96. The number of nitrogens with one attached hydrogen (secondary N) is 3. The van der Waals surface area contributed by atoms with Crippen LogP contribution in [0.1, 0.15) is 146 Å². The molecule has 2 saturated heterocycles. The highest BCUT2D eigenvalue weighted by molar-refractivity contribution is 6.01. The summed E-state index contributed by atoms with van der Waals surface area (Å²) >= 11 is 0. The molecule has 0 aromatic heterocycles. The zero-order valence-corrected chi connectivity index (χ0v) is 63.2. The van der Waals surface area contributed by atoms with Crippen molar-refractivity contribution in [2.24, 2.45) is 17.8 Å². The molecule has 25 nitrogen and oxygen atoms in total. The summed E-state index contributed by atoms with van der Waals surface area (Å²) in [6.07, 6.45) is -5.79. The number of carbonyl (C=O) groups is 12. The minimum absolute atomic E-state index is 0.00589. The maximum absolute atomic E-state index is 15.5. The Balaban J connectivity index is 1.22. The number of ether oxygens (including phenoxy) is 1. The van der Waals surface area contributed by atoms with Gasteiger partial charge in [0.05, 0.1) is 31.2 Å². The molecule has 8 rings (SSSR count). The minimum Gasteiger partial charge on any atom is -0.377 e. The van der Waals surface area contributed by atoms with Crippen molar-refractivity contribution < 1.29 is 97.4 Å². The zero-order chi connectivity index (χ0) is 79.8. The van der Waals surface area contributed by atoms with E-state index in [0.717, 1.165) is 73.6 Å². The molecule has 108 heavy (non-hydrogen) atoms. The van der Waals surface area contributed by atoms with Crippen molar-refractivity contribution >= 4 is 70.9 Å². The van der Waals surface area contributed by atoms with Crippen molar-refractivity contribution in [1.82, 2.24) is 60.0 Å². The van der Waals surface area contributed by atoms with E-state index in [0.29, 0.717) is 50.7 Å². The van der Waals surface area contributed by atoms with E-state index in [-0.39, 0.29) is 69.7 Å². The first-order chi connectivity index (χ1) is 50.7. The molecule has 3 N–H and O–H groups in total. The van der Waals surface area contributed by atoms with E-state index in [4.69, 9.17) is 4.74 Å². The minimum atomic E-state index is -5.46. The Morgan fingerprint density at radius 3 is 1.86 bits per heavy atom. The van der Waals surface area contributed by atoms with Crippen LogP contribution in [0.15, 0.2) is 48.6 Å². The van der Waals surface area contributed by atoms with E-state index in [1.807, 2.05) is 0 Å². The second kappa shape index (κ2) is 35.7. The number of hydrogen-bond donors (Lipinski definition) is 3. The van der Waals surface area contributed by atoms with Gasteiger partial charge in [0, 0.05) is 88.9 Å². The highest BCUT2D eigenvalue weighted by Gasteiger charge is 2.54. The number of nitrogens with zero attached hydrogens (tertiary/aromatic N) is 9. The topological polar surface area (TPSA) is 279 Å². The van der Waals surface area contributed by atoms with E-state index in [1.165, 1.54) is 64.0 Å². The second-order valence-electron chi connectivity index (χ2n) is 30.1. The molecule has 3 heterocycles. The average molecular weight is 1530 g/mol. The predicted octanol–water partition coefficient (Wildman–Crippen LogP) is 5.49. The van der Waals surface area contributed by atoms with Crippen LogP contribution in [0.4, 0.5) is 35.1 Å². The third kappa shape index (κ3) is 20.0. The van der Waals surface area contributed by atoms with Crippen LogP contribution in [0.3, 0.4) is 0 Å². The van der Waals surface area contributed by atoms with Gasteiger partial charge in [0.1, 0.15) is 71.1 Å². The van der Waals surface area contributed by atoms with Crippen LogP contribution >= 0.6 is 0 Å². The van der Waals surface area contributed by atoms with Gasteiger partial charge in [-0.2, -0.15) is 26.3 Å². The van der Waals surface area contributed by atoms with E-state index in [2.05, 4.69) is 16.0 Å². The number of halogens is 8. The van der Waals surface area contributed by atoms with E-state index < -0.39 is 222 Å². The number of carbonyl (C=O) groups excluding carboxylic acids is 12. The fourth-order valence-corrected chi connectivity index (χ4v) is 15.3. The molecule has 2 aromatic carbocycles. The lowest BCUT2D eigenvalue weighted by Gasteiger charge is -2.46. The summed E-state index contributed by atoms with van der Waals surface area (Å²) in [5, 5.41) is 8.30. The lowest BCUT2D eigenvalue weighted by Crippen LogP contribution is -2.68. The van der Waals surface area contributed by atoms with Gasteiger partial charge in [-0.25, -0.2) is 8.78 Å². The number of fused-ring (bicyclic) bond motifs is 3. The first-order valence-electron chi connectivity index (χ1n) is 37.0. The summed E-state index contributed by atoms with van der Waals surface area (Å²) in [5.41, 5.74) is -5.24. The molecule has 12 amide bonds. The number of benzene rings is 2. The summed E-state index contributed by atoms with van der Waals surface area (Å²) < 4.78 is 120. The zero-order valence-electron chi connectivity index (χ0n) is 63.2. The Morgan fingerprint density at radius 2 is 1.30 bits per heavy atom. The molecule has 1 spiro atoms. The van der Waals surface area contributed by atoms with Crippen molar-refractivity contribution in [2.45, 2.75) is 209 Å². The maximum atomic E-state index is 15.5. The van der Waals surface area contributed by atoms with Crippen molar-refractivity contribution in [3.63, 3.8) is 0 Å². The van der Waals surface area contributed by atoms with Crippen LogP contribution in [-0.2, 0) is 87.5 Å². The van der Waals surface area contributed by atoms with E-state index >= 15 is 37.5 Å². The predicted molar refractivity (Wildman–Crippen MR) is 376 cm³/mol. The molecule has 10 atom stereocenters. The molecular weight excluding hydrogens is 1430 g/mol. The Kier molecular flexibility index (Phi) is 28.1. The summed E-state index contributed by atoms with van der Waals surface area (Å²) in [4.78, 5) is 191. The number of likely N-dealkylation sites (N-methyl/N-ethyl adjacent to an activating group) is 7. The van der Waals surface area contributed by atoms with Crippen molar-refractivity contribution in [3.8, 4) is 0 Å². The van der Waals surface area contributed by atoms with Crippen molar-refractivity contribution in [1.29, 1.82) is 0 Å². The van der Waals surface area contributed by atoms with Crippen molar-refractivity contribution in [2.75, 3.05) is 89.2 Å². The van der Waals surface area contributed by atoms with Gasteiger partial charge in [-0.15, -0.1) is 0 Å². The quantitative estimate of drug-likeness (QED) is 0.165.